The summed E-state index contributed by atoms with van der Waals surface area (Å²) >= 11 is 5.98. The first kappa shape index (κ1) is 79.7. The number of allylic oxidation sites excluding steroid dienone is 6. The van der Waals surface area contributed by atoms with Gasteiger partial charge in [0.05, 0.1) is 64.1 Å². The van der Waals surface area contributed by atoms with Gasteiger partial charge in [0, 0.05) is 71.1 Å². The van der Waals surface area contributed by atoms with Gasteiger partial charge in [-0.25, -0.2) is 9.59 Å². The molecule has 23 heteroatoms. The molecule has 3 heterocycles. The second-order valence-corrected chi connectivity index (χ2v) is 30.2. The van der Waals surface area contributed by atoms with Gasteiger partial charge in [-0.2, -0.15) is 0 Å². The van der Waals surface area contributed by atoms with Crippen molar-refractivity contribution in [1.82, 2.24) is 4.90 Å². The fourth-order valence-corrected chi connectivity index (χ4v) is 17.2. The lowest BCUT2D eigenvalue weighted by Crippen LogP contribution is -2.61. The number of cyclic esters (lactones) is 1. The van der Waals surface area contributed by atoms with Gasteiger partial charge in [-0.15, -0.1) is 0 Å². The van der Waals surface area contributed by atoms with Crippen molar-refractivity contribution >= 4 is 132 Å². The number of nitrogens with zero attached hydrogens (tertiary/aromatic N) is 1. The number of methoxy groups -OCH3 is 2. The molecule has 0 spiro atoms. The van der Waals surface area contributed by atoms with Crippen molar-refractivity contribution < 1.29 is 81.8 Å². The lowest BCUT2D eigenvalue weighted by atomic mass is 9.78. The van der Waals surface area contributed by atoms with Gasteiger partial charge in [-0.3, -0.25) is 33.6 Å². The number of amides is 3. The standard InChI is InChI=1S/C70H100I3N3O17/c1-38-22-16-15-17-23-39(2)53(88-13)36-49-27-25-44(7)70(87,93-49)64(82)65(83)76-30-20-18-24-50(76)66(84)91-54(37-51(79)40(3)33-43(6)63(81)45(8)62(80)42(5)32-38)41(4)34-48-26-28-52(55(35-48)89-14)92-68(86)69(11,12)29-19-21-31-90-67(85)56-57(71)60(74-46(9)77)59(73)61(58(56)72)75-47(10)78/h15-17,22-23,33,38,40-42,44-45,48-50,52-55,63,81,87H,18-21,24-32,34-37H2,1-14H3,(H,74,77)(H,75,78)/b17-15+,22-16+,39-23+,43-33+/t38-,40-,41-,42-,44-,45+,48+,49+,50+,52-,53+,54+,55-,63-,70-/m1/s1. The second kappa shape index (κ2) is 36.5. The summed E-state index contributed by atoms with van der Waals surface area (Å²) < 4.78 is 37.9. The average Bonchev–Trinajstić information content (AvgIpc) is 0.790. The Morgan fingerprint density at radius 1 is 0.806 bits per heavy atom. The molecule has 0 radical (unpaired) electrons. The van der Waals surface area contributed by atoms with Crippen molar-refractivity contribution in [3.8, 4) is 0 Å². The Balaban J connectivity index is 1.32. The number of aliphatic hydroxyl groups excluding tert-OH is 1. The molecule has 1 aromatic carbocycles. The van der Waals surface area contributed by atoms with Gasteiger partial charge < -0.3 is 54.2 Å². The summed E-state index contributed by atoms with van der Waals surface area (Å²) in [6, 6.07) is -1.21. The Morgan fingerprint density at radius 2 is 1.46 bits per heavy atom. The highest BCUT2D eigenvalue weighted by atomic mass is 127. The highest BCUT2D eigenvalue weighted by Crippen LogP contribution is 2.42. The van der Waals surface area contributed by atoms with Gasteiger partial charge in [0.25, 0.3) is 11.7 Å². The first-order valence-corrected chi connectivity index (χ1v) is 36.0. The van der Waals surface area contributed by atoms with E-state index < -0.39 is 107 Å². The smallest absolute Gasteiger partial charge is 0.340 e. The molecular formula is C70H100I3N3O17. The molecule has 3 aliphatic heterocycles. The summed E-state index contributed by atoms with van der Waals surface area (Å²) in [4.78, 5) is 125. The van der Waals surface area contributed by atoms with Gasteiger partial charge in [0.15, 0.2) is 0 Å². The first-order valence-electron chi connectivity index (χ1n) is 32.8. The third kappa shape index (κ3) is 21.7. The van der Waals surface area contributed by atoms with Crippen LogP contribution in [0.4, 0.5) is 11.4 Å². The zero-order chi connectivity index (χ0) is 69.4. The third-order valence-corrected chi connectivity index (χ3v) is 22.2. The Kier molecular flexibility index (Phi) is 31.3. The summed E-state index contributed by atoms with van der Waals surface area (Å²) in [5.74, 6) is -10.7. The topological polar surface area (TPSA) is 277 Å². The number of ether oxygens (including phenoxy) is 6. The van der Waals surface area contributed by atoms with E-state index in [1.165, 1.54) is 18.7 Å². The molecule has 20 nitrogen and oxygen atoms in total. The fourth-order valence-electron chi connectivity index (χ4n) is 13.0. The number of ketones is 3. The molecule has 1 aromatic rings. The molecule has 5 rings (SSSR count). The highest BCUT2D eigenvalue weighted by molar-refractivity contribution is 14.1. The van der Waals surface area contributed by atoms with Gasteiger partial charge in [0.1, 0.15) is 29.8 Å². The summed E-state index contributed by atoms with van der Waals surface area (Å²) in [7, 11) is 3.13. The van der Waals surface area contributed by atoms with Gasteiger partial charge in [-0.1, -0.05) is 78.0 Å². The average molecular weight is 1640 g/mol. The number of piperidine rings is 1. The van der Waals surface area contributed by atoms with Gasteiger partial charge in [0.2, 0.25) is 17.6 Å². The zero-order valence-electron chi connectivity index (χ0n) is 56.7. The number of carbonyl (C=O) groups is 9. The lowest BCUT2D eigenvalue weighted by Gasteiger charge is -2.42. The van der Waals surface area contributed by atoms with E-state index in [4.69, 9.17) is 28.4 Å². The van der Waals surface area contributed by atoms with Crippen LogP contribution in [-0.4, -0.2) is 144 Å². The lowest BCUT2D eigenvalue weighted by molar-refractivity contribution is -0.265. The number of anilines is 2. The summed E-state index contributed by atoms with van der Waals surface area (Å²) in [5, 5.41) is 29.2. The number of carbonyl (C=O) groups excluding carboxylic acids is 9. The number of fused-ring (bicyclic) bond motifs is 3. The van der Waals surface area contributed by atoms with E-state index in [0.29, 0.717) is 105 Å². The van der Waals surface area contributed by atoms with E-state index in [1.807, 2.05) is 126 Å². The van der Waals surface area contributed by atoms with Crippen molar-refractivity contribution in [2.75, 3.05) is 38.0 Å². The van der Waals surface area contributed by atoms with Crippen LogP contribution in [-0.2, 0) is 66.8 Å². The molecule has 0 unspecified atom stereocenters. The Bertz CT molecular complexity index is 2950. The number of hydrogen-bond donors (Lipinski definition) is 4. The van der Waals surface area contributed by atoms with Gasteiger partial charge in [-0.05, 0) is 208 Å². The minimum absolute atomic E-state index is 0.0300. The predicted octanol–water partition coefficient (Wildman–Crippen LogP) is 12.1. The molecule has 2 saturated heterocycles. The SMILES string of the molecule is CO[C@H]1C[C@@H]2CC[C@@H](C)[C@@](O)(O2)C(=O)C(=O)N2CCCC[C@H]2C(=O)O[C@H]([C@H](C)C[C@@H]2CC[C@@H](OC(=O)C(C)(C)CCCCOC(=O)c3c(I)c(NC(C)=O)c(I)c(NC(C)=O)c3I)[C@H](OC)C2)CC(=O)[C@H](C)/C=C(\C)[C@@H](O)[C@@H](C)C(=O)[C@H](C)C[C@H](C)/C=C/C=C/C=C/1C. The molecule has 4 aliphatic rings. The molecule has 3 amide bonds. The maximum Gasteiger partial charge on any atom is 0.340 e. The maximum absolute atomic E-state index is 14.8. The number of aliphatic hydroxyl groups is 2. The molecule has 4 N–H and O–H groups in total. The number of benzene rings is 1. The fraction of sp³-hybridized carbons (Fsp3) is 0.671. The number of nitrogens with one attached hydrogen (secondary N) is 2. The zero-order valence-corrected chi connectivity index (χ0v) is 63.1. The Hall–Kier alpha value is -4.00. The third-order valence-electron chi connectivity index (χ3n) is 18.9. The minimum atomic E-state index is -2.48. The summed E-state index contributed by atoms with van der Waals surface area (Å²) in [5.41, 5.74) is 1.37. The molecule has 3 fully saturated rings. The number of hydrogen-bond acceptors (Lipinski definition) is 17. The van der Waals surface area contributed by atoms with Crippen molar-refractivity contribution in [2.24, 2.45) is 46.8 Å². The molecule has 518 valence electrons. The van der Waals surface area contributed by atoms with Crippen LogP contribution in [0, 0.1) is 57.6 Å². The van der Waals surface area contributed by atoms with Crippen LogP contribution in [0.5, 0.6) is 0 Å². The van der Waals surface area contributed by atoms with Crippen LogP contribution < -0.4 is 10.6 Å². The molecular weight excluding hydrogens is 1540 g/mol. The summed E-state index contributed by atoms with van der Waals surface area (Å²) in [6.45, 7) is 20.8. The molecule has 0 aromatic heterocycles. The minimum Gasteiger partial charge on any atom is -0.462 e. The second-order valence-electron chi connectivity index (χ2n) is 27.0. The van der Waals surface area contributed by atoms with E-state index in [1.54, 1.807) is 61.8 Å². The maximum atomic E-state index is 14.8. The number of halogens is 3. The predicted molar refractivity (Wildman–Crippen MR) is 378 cm³/mol. The molecule has 1 saturated carbocycles. The van der Waals surface area contributed by atoms with E-state index in [-0.39, 0.29) is 79.1 Å². The van der Waals surface area contributed by atoms with Crippen LogP contribution in [0.15, 0.2) is 47.6 Å². The number of esters is 3. The molecule has 15 atom stereocenters. The van der Waals surface area contributed by atoms with E-state index in [9.17, 15) is 53.4 Å². The van der Waals surface area contributed by atoms with Crippen molar-refractivity contribution in [3.63, 3.8) is 0 Å². The quantitative estimate of drug-likeness (QED) is 0.0317. The first-order chi connectivity index (χ1) is 43.7. The Labute approximate surface area is 590 Å². The molecule has 1 aliphatic carbocycles. The van der Waals surface area contributed by atoms with Crippen LogP contribution in [0.25, 0.3) is 0 Å². The monoisotopic (exact) mass is 1640 g/mol. The molecule has 93 heavy (non-hydrogen) atoms. The van der Waals surface area contributed by atoms with E-state index >= 15 is 0 Å². The van der Waals surface area contributed by atoms with Gasteiger partial charge >= 0.3 is 17.9 Å². The van der Waals surface area contributed by atoms with Crippen LogP contribution in [0.2, 0.25) is 0 Å². The number of Topliss-reactive ketones (excluding diaryl/α,β-unsaturated/α-hetero) is 3. The van der Waals surface area contributed by atoms with Crippen molar-refractivity contribution in [3.05, 3.63) is 63.9 Å². The van der Waals surface area contributed by atoms with Crippen molar-refractivity contribution in [2.45, 2.75) is 228 Å². The van der Waals surface area contributed by atoms with E-state index in [0.717, 1.165) is 5.57 Å². The van der Waals surface area contributed by atoms with Crippen LogP contribution >= 0.6 is 67.8 Å². The largest absolute Gasteiger partial charge is 0.462 e. The van der Waals surface area contributed by atoms with Crippen LogP contribution in [0.1, 0.15) is 190 Å². The van der Waals surface area contributed by atoms with E-state index in [2.05, 4.69) is 10.6 Å². The Morgan fingerprint density at radius 3 is 2.09 bits per heavy atom. The highest BCUT2D eigenvalue weighted by Gasteiger charge is 2.53. The summed E-state index contributed by atoms with van der Waals surface area (Å²) in [6.07, 6.45) is 13.0. The number of unbranched alkanes of at least 4 members (excludes halogenated alkanes) is 1. The van der Waals surface area contributed by atoms with Crippen LogP contribution in [0.3, 0.4) is 0 Å². The molecule has 2 bridgehead atoms. The number of rotatable bonds is 15. The van der Waals surface area contributed by atoms with Crippen molar-refractivity contribution in [1.29, 1.82) is 0 Å². The normalized spacial score (nSPS) is 31.7.